The second-order valence-electron chi connectivity index (χ2n) is 5.21. The van der Waals surface area contributed by atoms with E-state index in [0.29, 0.717) is 6.54 Å². The molecule has 0 bridgehead atoms. The lowest BCUT2D eigenvalue weighted by atomic mass is 10.1. The maximum atomic E-state index is 10.0. The molecule has 1 unspecified atom stereocenters. The fraction of sp³-hybridized carbons (Fsp3) is 0.357. The molecule has 0 radical (unpaired) electrons. The van der Waals surface area contributed by atoms with Crippen LogP contribution < -0.4 is 4.90 Å². The van der Waals surface area contributed by atoms with Gasteiger partial charge in [0, 0.05) is 24.7 Å². The van der Waals surface area contributed by atoms with Crippen LogP contribution in [-0.4, -0.2) is 33.9 Å². The summed E-state index contributed by atoms with van der Waals surface area (Å²) in [7, 11) is 0. The van der Waals surface area contributed by atoms with E-state index in [0.717, 1.165) is 29.6 Å². The average Bonchev–Trinajstić information content (AvgIpc) is 2.69. The molecule has 94 valence electrons. The van der Waals surface area contributed by atoms with Gasteiger partial charge in [0.25, 0.3) is 0 Å². The van der Waals surface area contributed by atoms with Gasteiger partial charge in [-0.15, -0.1) is 0 Å². The molecule has 0 aliphatic carbocycles. The Hall–Kier alpha value is -1.81. The first kappa shape index (κ1) is 11.3. The number of anilines is 1. The zero-order chi connectivity index (χ0) is 12.8. The van der Waals surface area contributed by atoms with Gasteiger partial charge in [0.2, 0.25) is 0 Å². The lowest BCUT2D eigenvalue weighted by Crippen LogP contribution is -2.30. The van der Waals surface area contributed by atoms with E-state index in [1.54, 1.807) is 18.3 Å². The fourth-order valence-corrected chi connectivity index (χ4v) is 2.52. The van der Waals surface area contributed by atoms with Crippen molar-refractivity contribution in [3.05, 3.63) is 30.5 Å². The number of hydrogen-bond acceptors (Lipinski definition) is 4. The van der Waals surface area contributed by atoms with Gasteiger partial charge in [-0.3, -0.25) is 0 Å². The van der Waals surface area contributed by atoms with Crippen molar-refractivity contribution in [3.63, 3.8) is 0 Å². The molecular formula is C14H16N2O2. The van der Waals surface area contributed by atoms with E-state index in [-0.39, 0.29) is 5.75 Å². The number of phenols is 1. The monoisotopic (exact) mass is 244 g/mol. The highest BCUT2D eigenvalue weighted by Gasteiger charge is 2.32. The zero-order valence-corrected chi connectivity index (χ0v) is 10.3. The van der Waals surface area contributed by atoms with Gasteiger partial charge in [-0.05, 0) is 36.9 Å². The Bertz CT molecular complexity index is 595. The second-order valence-corrected chi connectivity index (χ2v) is 5.21. The molecule has 3 rings (SSSR count). The van der Waals surface area contributed by atoms with Gasteiger partial charge in [-0.2, -0.15) is 0 Å². The van der Waals surface area contributed by atoms with Crippen LogP contribution >= 0.6 is 0 Å². The maximum Gasteiger partial charge on any atom is 0.136 e. The summed E-state index contributed by atoms with van der Waals surface area (Å²) in [5, 5.41) is 21.6. The molecule has 1 atom stereocenters. The first-order chi connectivity index (χ1) is 8.55. The Morgan fingerprint density at radius 3 is 2.89 bits per heavy atom. The van der Waals surface area contributed by atoms with Crippen LogP contribution in [0, 0.1) is 0 Å². The van der Waals surface area contributed by atoms with Gasteiger partial charge in [-0.1, -0.05) is 6.07 Å². The molecular weight excluding hydrogens is 228 g/mol. The van der Waals surface area contributed by atoms with Crippen molar-refractivity contribution in [1.29, 1.82) is 0 Å². The average molecular weight is 244 g/mol. The Balaban J connectivity index is 2.09. The number of benzene rings is 1. The van der Waals surface area contributed by atoms with Crippen molar-refractivity contribution in [1.82, 2.24) is 4.98 Å². The summed E-state index contributed by atoms with van der Waals surface area (Å²) in [4.78, 5) is 6.47. The van der Waals surface area contributed by atoms with Crippen LogP contribution in [0.3, 0.4) is 0 Å². The third kappa shape index (κ3) is 1.88. The summed E-state index contributed by atoms with van der Waals surface area (Å²) in [6.45, 7) is 3.21. The van der Waals surface area contributed by atoms with Crippen LogP contribution in [0.4, 0.5) is 5.82 Å². The molecule has 0 saturated carbocycles. The van der Waals surface area contributed by atoms with E-state index < -0.39 is 5.60 Å². The minimum absolute atomic E-state index is 0.239. The molecule has 1 aromatic carbocycles. The number of hydrogen-bond donors (Lipinski definition) is 2. The van der Waals surface area contributed by atoms with Crippen molar-refractivity contribution >= 4 is 16.6 Å². The number of phenolic OH excluding ortho intramolecular Hbond substituents is 1. The quantitative estimate of drug-likeness (QED) is 0.804. The van der Waals surface area contributed by atoms with Crippen LogP contribution in [0.5, 0.6) is 5.75 Å². The molecule has 4 nitrogen and oxygen atoms in total. The molecule has 1 aromatic heterocycles. The lowest BCUT2D eigenvalue weighted by molar-refractivity contribution is 0.0839. The molecule has 2 aromatic rings. The molecule has 0 amide bonds. The Kier molecular flexibility index (Phi) is 2.41. The smallest absolute Gasteiger partial charge is 0.136 e. The van der Waals surface area contributed by atoms with Crippen molar-refractivity contribution in [2.75, 3.05) is 18.0 Å². The van der Waals surface area contributed by atoms with E-state index in [1.807, 2.05) is 19.1 Å². The minimum Gasteiger partial charge on any atom is -0.508 e. The van der Waals surface area contributed by atoms with Crippen LogP contribution in [0.25, 0.3) is 10.8 Å². The van der Waals surface area contributed by atoms with Crippen LogP contribution in [-0.2, 0) is 0 Å². The van der Waals surface area contributed by atoms with Gasteiger partial charge in [0.1, 0.15) is 11.6 Å². The minimum atomic E-state index is -0.652. The summed E-state index contributed by atoms with van der Waals surface area (Å²) < 4.78 is 0. The molecule has 1 aliphatic rings. The van der Waals surface area contributed by atoms with Crippen molar-refractivity contribution in [3.8, 4) is 5.75 Å². The van der Waals surface area contributed by atoms with Gasteiger partial charge >= 0.3 is 0 Å². The van der Waals surface area contributed by atoms with Gasteiger partial charge in [0.05, 0.1) is 5.60 Å². The molecule has 2 heterocycles. The number of β-amino-alcohol motifs (C(OH)–C–C–N with tert-alkyl or cyclic N) is 1. The number of pyridine rings is 1. The highest BCUT2D eigenvalue weighted by atomic mass is 16.3. The molecule has 1 aliphatic heterocycles. The largest absolute Gasteiger partial charge is 0.508 e. The van der Waals surface area contributed by atoms with E-state index >= 15 is 0 Å². The van der Waals surface area contributed by atoms with E-state index in [4.69, 9.17) is 0 Å². The lowest BCUT2D eigenvalue weighted by Gasteiger charge is -2.21. The SMILES string of the molecule is CC1(O)CCN(c2nccc3ccc(O)cc23)C1. The third-order valence-corrected chi connectivity index (χ3v) is 3.48. The number of aliphatic hydroxyl groups is 1. The summed E-state index contributed by atoms with van der Waals surface area (Å²) >= 11 is 0. The maximum absolute atomic E-state index is 10.0. The summed E-state index contributed by atoms with van der Waals surface area (Å²) in [6.07, 6.45) is 2.51. The first-order valence-corrected chi connectivity index (χ1v) is 6.10. The summed E-state index contributed by atoms with van der Waals surface area (Å²) in [6, 6.07) is 7.20. The van der Waals surface area contributed by atoms with Gasteiger partial charge in [0.15, 0.2) is 0 Å². The summed E-state index contributed by atoms with van der Waals surface area (Å²) in [5.41, 5.74) is -0.652. The van der Waals surface area contributed by atoms with E-state index in [1.165, 1.54) is 0 Å². The summed E-state index contributed by atoms with van der Waals surface area (Å²) in [5.74, 6) is 1.07. The van der Waals surface area contributed by atoms with Crippen molar-refractivity contribution in [2.24, 2.45) is 0 Å². The van der Waals surface area contributed by atoms with Crippen molar-refractivity contribution < 1.29 is 10.2 Å². The Morgan fingerprint density at radius 2 is 2.17 bits per heavy atom. The van der Waals surface area contributed by atoms with Gasteiger partial charge < -0.3 is 15.1 Å². The molecule has 18 heavy (non-hydrogen) atoms. The molecule has 2 N–H and O–H groups in total. The van der Waals surface area contributed by atoms with Gasteiger partial charge in [-0.25, -0.2) is 4.98 Å². The predicted octanol–water partition coefficient (Wildman–Crippen LogP) is 1.90. The predicted molar refractivity (Wildman–Crippen MR) is 70.9 cm³/mol. The van der Waals surface area contributed by atoms with Crippen LogP contribution in [0.15, 0.2) is 30.5 Å². The number of aromatic hydroxyl groups is 1. The number of fused-ring (bicyclic) bond motifs is 1. The fourth-order valence-electron chi connectivity index (χ4n) is 2.52. The molecule has 0 spiro atoms. The molecule has 4 heteroatoms. The van der Waals surface area contributed by atoms with E-state index in [2.05, 4.69) is 9.88 Å². The van der Waals surface area contributed by atoms with E-state index in [9.17, 15) is 10.2 Å². The zero-order valence-electron chi connectivity index (χ0n) is 10.3. The Labute approximate surface area is 105 Å². The Morgan fingerprint density at radius 1 is 1.33 bits per heavy atom. The molecule has 1 saturated heterocycles. The standard InChI is InChI=1S/C14H16N2O2/c1-14(18)5-7-16(9-14)13-12-8-11(17)3-2-10(12)4-6-15-13/h2-4,6,8,17-18H,5,7,9H2,1H3. The second kappa shape index (κ2) is 3.85. The number of aromatic nitrogens is 1. The van der Waals surface area contributed by atoms with Crippen molar-refractivity contribution in [2.45, 2.75) is 18.9 Å². The van der Waals surface area contributed by atoms with Crippen LogP contribution in [0.1, 0.15) is 13.3 Å². The number of rotatable bonds is 1. The first-order valence-electron chi connectivity index (χ1n) is 6.10. The topological polar surface area (TPSA) is 56.6 Å². The third-order valence-electron chi connectivity index (χ3n) is 3.48. The number of nitrogens with zero attached hydrogens (tertiary/aromatic N) is 2. The molecule has 1 fully saturated rings. The van der Waals surface area contributed by atoms with Crippen LogP contribution in [0.2, 0.25) is 0 Å². The highest BCUT2D eigenvalue weighted by molar-refractivity contribution is 5.93. The highest BCUT2D eigenvalue weighted by Crippen LogP contribution is 2.32. The normalized spacial score (nSPS) is 23.8.